The molecule has 0 aliphatic carbocycles. The third kappa shape index (κ3) is 1.61. The number of hydrogen-bond acceptors (Lipinski definition) is 4. The van der Waals surface area contributed by atoms with Gasteiger partial charge in [-0.25, -0.2) is 0 Å². The minimum atomic E-state index is -0.476. The largest absolute Gasteiger partial charge is 0.364 e. The lowest BCUT2D eigenvalue weighted by atomic mass is 10.0. The fourth-order valence-electron chi connectivity index (χ4n) is 2.61. The van der Waals surface area contributed by atoms with Crippen molar-refractivity contribution in [3.8, 4) is 0 Å². The molecule has 1 aromatic carbocycles. The fraction of sp³-hybridized carbons (Fsp3) is 0.417. The van der Waals surface area contributed by atoms with Crippen LogP contribution in [0.25, 0.3) is 0 Å². The van der Waals surface area contributed by atoms with Crippen molar-refractivity contribution in [2.75, 3.05) is 11.9 Å². The standard InChI is InChI=1S/C12H13N3O3/c16-12-9-7-8(15(17)18)4-5-10(9)13-11-3-1-2-6-14(11)12/h4-5,7,11,13H,1-3,6H2. The maximum Gasteiger partial charge on any atom is 0.270 e. The van der Waals surface area contributed by atoms with Crippen molar-refractivity contribution in [3.63, 3.8) is 0 Å². The van der Waals surface area contributed by atoms with Crippen LogP contribution in [0.2, 0.25) is 0 Å². The number of piperidine rings is 1. The molecule has 0 radical (unpaired) electrons. The van der Waals surface area contributed by atoms with E-state index in [4.69, 9.17) is 0 Å². The molecule has 1 atom stereocenters. The Morgan fingerprint density at radius 3 is 3.00 bits per heavy atom. The second kappa shape index (κ2) is 3.97. The first-order chi connectivity index (χ1) is 8.66. The van der Waals surface area contributed by atoms with E-state index in [2.05, 4.69) is 5.32 Å². The summed E-state index contributed by atoms with van der Waals surface area (Å²) in [5.41, 5.74) is 1.07. The molecule has 2 heterocycles. The Morgan fingerprint density at radius 1 is 1.39 bits per heavy atom. The number of carbonyl (C=O) groups excluding carboxylic acids is 1. The Hall–Kier alpha value is -2.11. The molecule has 1 aromatic rings. The third-order valence-electron chi connectivity index (χ3n) is 3.53. The minimum Gasteiger partial charge on any atom is -0.364 e. The van der Waals surface area contributed by atoms with Crippen molar-refractivity contribution in [3.05, 3.63) is 33.9 Å². The fourth-order valence-corrected chi connectivity index (χ4v) is 2.61. The van der Waals surface area contributed by atoms with Crippen LogP contribution >= 0.6 is 0 Å². The van der Waals surface area contributed by atoms with E-state index < -0.39 is 4.92 Å². The lowest BCUT2D eigenvalue weighted by molar-refractivity contribution is -0.384. The Balaban J connectivity index is 2.02. The minimum absolute atomic E-state index is 0.0419. The third-order valence-corrected chi connectivity index (χ3v) is 3.53. The summed E-state index contributed by atoms with van der Waals surface area (Å²) in [7, 11) is 0. The van der Waals surface area contributed by atoms with Crippen molar-refractivity contribution in [2.24, 2.45) is 0 Å². The zero-order valence-corrected chi connectivity index (χ0v) is 9.76. The molecule has 18 heavy (non-hydrogen) atoms. The van der Waals surface area contributed by atoms with Crippen LogP contribution in [0.3, 0.4) is 0 Å². The number of nitrogens with one attached hydrogen (secondary N) is 1. The molecule has 1 saturated heterocycles. The summed E-state index contributed by atoms with van der Waals surface area (Å²) >= 11 is 0. The summed E-state index contributed by atoms with van der Waals surface area (Å²) in [5, 5.41) is 14.0. The highest BCUT2D eigenvalue weighted by Crippen LogP contribution is 2.32. The maximum absolute atomic E-state index is 12.3. The molecule has 2 aliphatic heterocycles. The van der Waals surface area contributed by atoms with Gasteiger partial charge in [-0.15, -0.1) is 0 Å². The molecule has 0 bridgehead atoms. The molecule has 0 spiro atoms. The van der Waals surface area contributed by atoms with Gasteiger partial charge in [-0.3, -0.25) is 14.9 Å². The van der Waals surface area contributed by atoms with Crippen LogP contribution in [-0.2, 0) is 0 Å². The summed E-state index contributed by atoms with van der Waals surface area (Å²) in [6.07, 6.45) is 3.07. The van der Waals surface area contributed by atoms with Crippen LogP contribution < -0.4 is 5.32 Å². The van der Waals surface area contributed by atoms with E-state index >= 15 is 0 Å². The van der Waals surface area contributed by atoms with Crippen LogP contribution in [0.5, 0.6) is 0 Å². The molecule has 1 fully saturated rings. The Kier molecular flexibility index (Phi) is 2.43. The van der Waals surface area contributed by atoms with Crippen molar-refractivity contribution in [1.29, 1.82) is 0 Å². The molecule has 6 nitrogen and oxygen atoms in total. The molecule has 1 unspecified atom stereocenters. The number of nitro benzene ring substituents is 1. The number of amides is 1. The molecule has 6 heteroatoms. The molecule has 3 rings (SSSR count). The van der Waals surface area contributed by atoms with Gasteiger partial charge in [-0.1, -0.05) is 0 Å². The van der Waals surface area contributed by atoms with Crippen molar-refractivity contribution < 1.29 is 9.72 Å². The summed E-state index contributed by atoms with van der Waals surface area (Å²) in [6.45, 7) is 0.721. The summed E-state index contributed by atoms with van der Waals surface area (Å²) in [5.74, 6) is -0.0999. The van der Waals surface area contributed by atoms with Gasteiger partial charge in [0.2, 0.25) is 0 Å². The first-order valence-corrected chi connectivity index (χ1v) is 6.03. The molecular weight excluding hydrogens is 234 g/mol. The van der Waals surface area contributed by atoms with Crippen LogP contribution in [0.15, 0.2) is 18.2 Å². The van der Waals surface area contributed by atoms with Crippen LogP contribution in [0, 0.1) is 10.1 Å². The van der Waals surface area contributed by atoms with Gasteiger partial charge in [0.15, 0.2) is 0 Å². The second-order valence-corrected chi connectivity index (χ2v) is 4.64. The van der Waals surface area contributed by atoms with Crippen molar-refractivity contribution in [2.45, 2.75) is 25.4 Å². The van der Waals surface area contributed by atoms with Crippen LogP contribution in [0.1, 0.15) is 29.6 Å². The predicted molar refractivity (Wildman–Crippen MR) is 65.4 cm³/mol. The van der Waals surface area contributed by atoms with Gasteiger partial charge in [0, 0.05) is 24.4 Å². The summed E-state index contributed by atoms with van der Waals surface area (Å²) in [6, 6.07) is 4.41. The maximum atomic E-state index is 12.3. The molecule has 0 saturated carbocycles. The highest BCUT2D eigenvalue weighted by atomic mass is 16.6. The normalized spacial score (nSPS) is 21.9. The lowest BCUT2D eigenvalue weighted by Crippen LogP contribution is -2.51. The van der Waals surface area contributed by atoms with E-state index in [-0.39, 0.29) is 17.8 Å². The quantitative estimate of drug-likeness (QED) is 0.608. The molecule has 0 aromatic heterocycles. The first-order valence-electron chi connectivity index (χ1n) is 6.03. The van der Waals surface area contributed by atoms with Gasteiger partial charge in [0.05, 0.1) is 10.5 Å². The zero-order valence-electron chi connectivity index (χ0n) is 9.76. The lowest BCUT2D eigenvalue weighted by Gasteiger charge is -2.40. The number of nitro groups is 1. The number of non-ortho nitro benzene ring substituents is 1. The molecule has 1 N–H and O–H groups in total. The summed E-state index contributed by atoms with van der Waals surface area (Å²) in [4.78, 5) is 24.3. The van der Waals surface area contributed by atoms with Gasteiger partial charge in [-0.2, -0.15) is 0 Å². The van der Waals surface area contributed by atoms with E-state index in [1.807, 2.05) is 0 Å². The van der Waals surface area contributed by atoms with Crippen molar-refractivity contribution >= 4 is 17.3 Å². The van der Waals surface area contributed by atoms with Gasteiger partial charge in [0.25, 0.3) is 11.6 Å². The van der Waals surface area contributed by atoms with E-state index in [1.165, 1.54) is 12.1 Å². The topological polar surface area (TPSA) is 75.5 Å². The van der Waals surface area contributed by atoms with Crippen molar-refractivity contribution in [1.82, 2.24) is 4.90 Å². The molecule has 2 aliphatic rings. The SMILES string of the molecule is O=C1c2cc([N+](=O)[O-])ccc2NC2CCCCN12. The average Bonchev–Trinajstić information content (AvgIpc) is 2.38. The monoisotopic (exact) mass is 247 g/mol. The predicted octanol–water partition coefficient (Wildman–Crippen LogP) is 1.97. The number of benzene rings is 1. The van der Waals surface area contributed by atoms with Gasteiger partial charge >= 0.3 is 0 Å². The highest BCUT2D eigenvalue weighted by molar-refractivity contribution is 6.02. The molecule has 94 valence electrons. The van der Waals surface area contributed by atoms with Gasteiger partial charge in [-0.05, 0) is 25.3 Å². The Bertz CT molecular complexity index is 529. The summed E-state index contributed by atoms with van der Waals surface area (Å²) < 4.78 is 0. The Morgan fingerprint density at radius 2 is 2.22 bits per heavy atom. The zero-order chi connectivity index (χ0) is 12.7. The Labute approximate surface area is 104 Å². The van der Waals surface area contributed by atoms with Gasteiger partial charge in [0.1, 0.15) is 6.17 Å². The molecule has 1 amide bonds. The van der Waals surface area contributed by atoms with E-state index in [1.54, 1.807) is 11.0 Å². The number of fused-ring (bicyclic) bond motifs is 2. The van der Waals surface area contributed by atoms with E-state index in [0.29, 0.717) is 11.3 Å². The number of nitrogens with zero attached hydrogens (tertiary/aromatic N) is 2. The first kappa shape index (κ1) is 11.0. The van der Waals surface area contributed by atoms with Crippen LogP contribution in [0.4, 0.5) is 11.4 Å². The van der Waals surface area contributed by atoms with Gasteiger partial charge < -0.3 is 10.2 Å². The number of hydrogen-bond donors (Lipinski definition) is 1. The number of rotatable bonds is 1. The molecular formula is C12H13N3O3. The van der Waals surface area contributed by atoms with E-state index in [9.17, 15) is 14.9 Å². The second-order valence-electron chi connectivity index (χ2n) is 4.64. The number of anilines is 1. The smallest absolute Gasteiger partial charge is 0.270 e. The number of carbonyl (C=O) groups is 1. The van der Waals surface area contributed by atoms with Crippen LogP contribution in [-0.4, -0.2) is 28.4 Å². The highest BCUT2D eigenvalue weighted by Gasteiger charge is 2.34. The van der Waals surface area contributed by atoms with E-state index in [0.717, 1.165) is 25.8 Å². The average molecular weight is 247 g/mol.